The smallest absolute Gasteiger partial charge is 0.340 e. The molecule has 2 N–H and O–H groups in total. The Hall–Kier alpha value is -2.63. The first-order chi connectivity index (χ1) is 11.5. The van der Waals surface area contributed by atoms with Gasteiger partial charge in [-0.3, -0.25) is 9.78 Å². The highest BCUT2D eigenvalue weighted by Gasteiger charge is 2.42. The Kier molecular flexibility index (Phi) is 4.38. The van der Waals surface area contributed by atoms with Gasteiger partial charge in [0.15, 0.2) is 5.78 Å². The van der Waals surface area contributed by atoms with Gasteiger partial charge in [0.25, 0.3) is 0 Å². The van der Waals surface area contributed by atoms with E-state index in [1.807, 2.05) is 13.0 Å². The van der Waals surface area contributed by atoms with Crippen LogP contribution in [0.15, 0.2) is 47.3 Å². The first-order valence-corrected chi connectivity index (χ1v) is 8.03. The molecule has 1 aliphatic heterocycles. The van der Waals surface area contributed by atoms with Crippen molar-refractivity contribution in [3.8, 4) is 0 Å². The second-order valence-electron chi connectivity index (χ2n) is 6.09. The van der Waals surface area contributed by atoms with Crippen LogP contribution >= 0.6 is 0 Å². The number of carbonyl (C=O) groups is 2. The number of aromatic nitrogens is 1. The van der Waals surface area contributed by atoms with Crippen molar-refractivity contribution in [2.45, 2.75) is 32.6 Å². The van der Waals surface area contributed by atoms with Crippen molar-refractivity contribution in [2.24, 2.45) is 11.7 Å². The largest absolute Gasteiger partial charge is 0.462 e. The molecule has 0 saturated heterocycles. The molecule has 3 rings (SSSR count). The summed E-state index contributed by atoms with van der Waals surface area (Å²) in [6.45, 7) is 3.92. The van der Waals surface area contributed by atoms with Crippen LogP contribution in [0.4, 0.5) is 0 Å². The average Bonchev–Trinajstić information content (AvgIpc) is 2.54. The van der Waals surface area contributed by atoms with Crippen molar-refractivity contribution in [3.05, 3.63) is 52.9 Å². The van der Waals surface area contributed by atoms with Crippen LogP contribution in [-0.2, 0) is 19.1 Å². The van der Waals surface area contributed by atoms with Crippen LogP contribution in [0.3, 0.4) is 0 Å². The molecule has 1 aromatic heterocycles. The third-order valence-corrected chi connectivity index (χ3v) is 4.26. The molecule has 24 heavy (non-hydrogen) atoms. The molecule has 2 aliphatic rings. The number of nitrogens with two attached hydrogens (primary N) is 1. The lowest BCUT2D eigenvalue weighted by Crippen LogP contribution is -2.33. The topological polar surface area (TPSA) is 91.5 Å². The summed E-state index contributed by atoms with van der Waals surface area (Å²) in [5, 5.41) is 0. The molecular formula is C18H20N2O4. The lowest BCUT2D eigenvalue weighted by atomic mass is 9.75. The van der Waals surface area contributed by atoms with Gasteiger partial charge in [0.05, 0.1) is 12.5 Å². The number of Topliss-reactive ketones (excluding diaryl/α,β-unsaturated/α-hetero) is 1. The zero-order valence-corrected chi connectivity index (χ0v) is 13.7. The maximum absolute atomic E-state index is 12.7. The van der Waals surface area contributed by atoms with Gasteiger partial charge in [-0.25, -0.2) is 4.79 Å². The monoisotopic (exact) mass is 328 g/mol. The molecule has 0 spiro atoms. The summed E-state index contributed by atoms with van der Waals surface area (Å²) in [5.41, 5.74) is 7.42. The van der Waals surface area contributed by atoms with Crippen LogP contribution in [0.2, 0.25) is 0 Å². The quantitative estimate of drug-likeness (QED) is 0.855. The summed E-state index contributed by atoms with van der Waals surface area (Å²) >= 11 is 0. The Bertz CT molecular complexity index is 737. The number of nitrogens with zero attached hydrogens (tertiary/aromatic N) is 1. The van der Waals surface area contributed by atoms with E-state index in [1.54, 1.807) is 25.4 Å². The number of esters is 1. The number of rotatable bonds is 3. The molecule has 0 amide bonds. The Labute approximate surface area is 140 Å². The third-order valence-electron chi connectivity index (χ3n) is 4.26. The van der Waals surface area contributed by atoms with E-state index in [9.17, 15) is 9.59 Å². The molecule has 126 valence electrons. The molecule has 2 heterocycles. The average molecular weight is 328 g/mol. The lowest BCUT2D eigenvalue weighted by molar-refractivity contribution is -0.139. The molecule has 2 atom stereocenters. The maximum atomic E-state index is 12.7. The van der Waals surface area contributed by atoms with Crippen molar-refractivity contribution in [1.82, 2.24) is 4.98 Å². The van der Waals surface area contributed by atoms with E-state index in [-0.39, 0.29) is 29.8 Å². The summed E-state index contributed by atoms with van der Waals surface area (Å²) in [5.74, 6) is -0.445. The Balaban J connectivity index is 2.15. The van der Waals surface area contributed by atoms with Gasteiger partial charge < -0.3 is 15.2 Å². The number of ether oxygens (including phenoxy) is 2. The van der Waals surface area contributed by atoms with E-state index in [0.717, 1.165) is 5.56 Å². The first kappa shape index (κ1) is 16.2. The molecule has 0 unspecified atom stereocenters. The van der Waals surface area contributed by atoms with Gasteiger partial charge in [0, 0.05) is 30.8 Å². The summed E-state index contributed by atoms with van der Waals surface area (Å²) in [4.78, 5) is 29.2. The number of hydrogen-bond donors (Lipinski definition) is 1. The highest BCUT2D eigenvalue weighted by molar-refractivity contribution is 6.03. The molecule has 0 saturated carbocycles. The second-order valence-corrected chi connectivity index (χ2v) is 6.09. The van der Waals surface area contributed by atoms with Crippen LogP contribution in [0.5, 0.6) is 0 Å². The first-order valence-electron chi connectivity index (χ1n) is 8.03. The number of hydrogen-bond acceptors (Lipinski definition) is 6. The molecule has 1 aliphatic carbocycles. The van der Waals surface area contributed by atoms with Gasteiger partial charge in [-0.05, 0) is 24.5 Å². The third kappa shape index (κ3) is 2.79. The van der Waals surface area contributed by atoms with E-state index >= 15 is 0 Å². The van der Waals surface area contributed by atoms with Crippen molar-refractivity contribution in [3.63, 3.8) is 0 Å². The van der Waals surface area contributed by atoms with Crippen LogP contribution in [0, 0.1) is 5.92 Å². The fourth-order valence-electron chi connectivity index (χ4n) is 3.28. The van der Waals surface area contributed by atoms with E-state index in [4.69, 9.17) is 15.2 Å². The van der Waals surface area contributed by atoms with Crippen LogP contribution < -0.4 is 5.73 Å². The molecule has 0 fully saturated rings. The molecular weight excluding hydrogens is 308 g/mol. The highest BCUT2D eigenvalue weighted by Crippen LogP contribution is 2.44. The Morgan fingerprint density at radius 3 is 2.92 bits per heavy atom. The predicted molar refractivity (Wildman–Crippen MR) is 86.3 cm³/mol. The molecule has 6 nitrogen and oxygen atoms in total. The molecule has 6 heteroatoms. The molecule has 0 aromatic carbocycles. The standard InChI is InChI=1S/C18H20N2O4/c1-3-23-18(22)16-14(11-5-4-6-20-9-11)15-12(21)7-10(2)8-13(15)24-17(16)19/h4-6,9-10,14H,3,7-8,19H2,1-2H3/t10-,14+/m1/s1. The Morgan fingerprint density at radius 1 is 1.46 bits per heavy atom. The minimum Gasteiger partial charge on any atom is -0.462 e. The van der Waals surface area contributed by atoms with E-state index < -0.39 is 11.9 Å². The number of allylic oxidation sites excluding steroid dienone is 2. The lowest BCUT2D eigenvalue weighted by Gasteiger charge is -2.33. The van der Waals surface area contributed by atoms with Crippen molar-refractivity contribution in [2.75, 3.05) is 6.61 Å². The summed E-state index contributed by atoms with van der Waals surface area (Å²) in [7, 11) is 0. The van der Waals surface area contributed by atoms with Gasteiger partial charge in [-0.15, -0.1) is 0 Å². The number of ketones is 1. The minimum absolute atomic E-state index is 0.00273. The van der Waals surface area contributed by atoms with Crippen LogP contribution in [0.1, 0.15) is 38.2 Å². The summed E-state index contributed by atoms with van der Waals surface area (Å²) < 4.78 is 10.8. The molecule has 0 bridgehead atoms. The summed E-state index contributed by atoms with van der Waals surface area (Å²) in [6.07, 6.45) is 4.32. The van der Waals surface area contributed by atoms with E-state index in [1.165, 1.54) is 0 Å². The van der Waals surface area contributed by atoms with Gasteiger partial charge in [-0.1, -0.05) is 13.0 Å². The predicted octanol–water partition coefficient (Wildman–Crippen LogP) is 2.18. The van der Waals surface area contributed by atoms with Crippen LogP contribution in [-0.4, -0.2) is 23.3 Å². The zero-order chi connectivity index (χ0) is 17.3. The van der Waals surface area contributed by atoms with Gasteiger partial charge in [0.2, 0.25) is 5.88 Å². The fourth-order valence-corrected chi connectivity index (χ4v) is 3.28. The van der Waals surface area contributed by atoms with Gasteiger partial charge >= 0.3 is 5.97 Å². The number of pyridine rings is 1. The normalized spacial score (nSPS) is 23.7. The zero-order valence-electron chi connectivity index (χ0n) is 13.7. The maximum Gasteiger partial charge on any atom is 0.340 e. The van der Waals surface area contributed by atoms with Crippen molar-refractivity contribution >= 4 is 11.8 Å². The minimum atomic E-state index is -0.596. The van der Waals surface area contributed by atoms with Gasteiger partial charge in [0.1, 0.15) is 11.3 Å². The van der Waals surface area contributed by atoms with Crippen molar-refractivity contribution < 1.29 is 19.1 Å². The van der Waals surface area contributed by atoms with E-state index in [2.05, 4.69) is 4.98 Å². The summed E-state index contributed by atoms with van der Waals surface area (Å²) in [6, 6.07) is 3.59. The SMILES string of the molecule is CCOC(=O)C1=C(N)OC2=C(C(=O)C[C@@H](C)C2)[C@@H]1c1cccnc1. The van der Waals surface area contributed by atoms with Gasteiger partial charge in [-0.2, -0.15) is 0 Å². The van der Waals surface area contributed by atoms with Crippen molar-refractivity contribution in [1.29, 1.82) is 0 Å². The highest BCUT2D eigenvalue weighted by atomic mass is 16.5. The fraction of sp³-hybridized carbons (Fsp3) is 0.389. The molecule has 1 aromatic rings. The van der Waals surface area contributed by atoms with Crippen LogP contribution in [0.25, 0.3) is 0 Å². The van der Waals surface area contributed by atoms with E-state index in [0.29, 0.717) is 24.2 Å². The Morgan fingerprint density at radius 2 is 2.25 bits per heavy atom. The second kappa shape index (κ2) is 6.47. The number of carbonyl (C=O) groups excluding carboxylic acids is 2. The molecule has 0 radical (unpaired) electrons.